The van der Waals surface area contributed by atoms with Crippen LogP contribution in [-0.2, 0) is 0 Å². The molecule has 1 fully saturated rings. The topological polar surface area (TPSA) is 15.3 Å². The Labute approximate surface area is 92.6 Å². The number of rotatable bonds is 3. The molecule has 1 unspecified atom stereocenters. The summed E-state index contributed by atoms with van der Waals surface area (Å²) < 4.78 is 35.8. The van der Waals surface area contributed by atoms with Gasteiger partial charge in [0.05, 0.1) is 0 Å². The third-order valence-electron chi connectivity index (χ3n) is 2.58. The first kappa shape index (κ1) is 13.1. The molecule has 1 aliphatic rings. The minimum atomic E-state index is -4.09. The van der Waals surface area contributed by atoms with Crippen LogP contribution in [0.5, 0.6) is 0 Å². The van der Waals surface area contributed by atoms with E-state index in [0.717, 1.165) is 26.1 Å². The Hall–Kier alpha value is 0.0600. The van der Waals surface area contributed by atoms with Crippen LogP contribution in [0, 0.1) is 0 Å². The van der Waals surface area contributed by atoms with Crippen molar-refractivity contribution in [3.63, 3.8) is 0 Å². The van der Waals surface area contributed by atoms with Gasteiger partial charge >= 0.3 is 5.51 Å². The number of nitrogens with zero attached hydrogens (tertiary/aromatic N) is 1. The fraction of sp³-hybridized carbons (Fsp3) is 1.00. The van der Waals surface area contributed by atoms with Crippen molar-refractivity contribution < 1.29 is 13.2 Å². The number of alkyl halides is 3. The van der Waals surface area contributed by atoms with Gasteiger partial charge in [-0.15, -0.1) is 0 Å². The van der Waals surface area contributed by atoms with Crippen molar-refractivity contribution >= 4 is 11.8 Å². The molecule has 1 rings (SSSR count). The summed E-state index contributed by atoms with van der Waals surface area (Å²) in [7, 11) is 0. The second kappa shape index (κ2) is 5.96. The first-order chi connectivity index (χ1) is 6.99. The van der Waals surface area contributed by atoms with E-state index in [0.29, 0.717) is 12.6 Å². The molecular weight excluding hydrogens is 225 g/mol. The molecule has 0 radical (unpaired) electrons. The summed E-state index contributed by atoms with van der Waals surface area (Å²) in [6.07, 6.45) is 1.01. The number of thioether (sulfide) groups is 1. The lowest BCUT2D eigenvalue weighted by Crippen LogP contribution is -2.36. The molecule has 6 heteroatoms. The van der Waals surface area contributed by atoms with Crippen molar-refractivity contribution in [1.29, 1.82) is 0 Å². The maximum absolute atomic E-state index is 11.9. The first-order valence-corrected chi connectivity index (χ1v) is 6.13. The Morgan fingerprint density at radius 3 is 2.80 bits per heavy atom. The van der Waals surface area contributed by atoms with Gasteiger partial charge in [-0.1, -0.05) is 0 Å². The van der Waals surface area contributed by atoms with E-state index in [9.17, 15) is 13.2 Å². The van der Waals surface area contributed by atoms with Crippen LogP contribution in [0.15, 0.2) is 0 Å². The van der Waals surface area contributed by atoms with Crippen molar-refractivity contribution in [3.8, 4) is 0 Å². The maximum atomic E-state index is 11.9. The molecule has 0 aromatic rings. The van der Waals surface area contributed by atoms with Crippen LogP contribution in [0.25, 0.3) is 0 Å². The van der Waals surface area contributed by atoms with Gasteiger partial charge in [-0.25, -0.2) is 0 Å². The lowest BCUT2D eigenvalue weighted by atomic mass is 10.2. The van der Waals surface area contributed by atoms with Crippen molar-refractivity contribution in [3.05, 3.63) is 0 Å². The molecule has 1 atom stereocenters. The predicted molar refractivity (Wildman–Crippen MR) is 57.0 cm³/mol. The highest BCUT2D eigenvalue weighted by Gasteiger charge is 2.28. The van der Waals surface area contributed by atoms with E-state index in [1.165, 1.54) is 0 Å². The second-order valence-electron chi connectivity index (χ2n) is 3.72. The molecule has 1 N–H and O–H groups in total. The molecular formula is C9H17F3N2S. The van der Waals surface area contributed by atoms with Gasteiger partial charge in [0.15, 0.2) is 0 Å². The molecule has 1 heterocycles. The highest BCUT2D eigenvalue weighted by atomic mass is 32.2. The average molecular weight is 242 g/mol. The minimum Gasteiger partial charge on any atom is -0.315 e. The number of halogens is 3. The largest absolute Gasteiger partial charge is 0.441 e. The normalized spacial score (nSPS) is 25.2. The first-order valence-electron chi connectivity index (χ1n) is 5.14. The monoisotopic (exact) mass is 242 g/mol. The smallest absolute Gasteiger partial charge is 0.315 e. The zero-order chi connectivity index (χ0) is 11.3. The summed E-state index contributed by atoms with van der Waals surface area (Å²) in [4.78, 5) is 2.12. The van der Waals surface area contributed by atoms with Gasteiger partial charge in [-0.3, -0.25) is 4.90 Å². The maximum Gasteiger partial charge on any atom is 0.441 e. The van der Waals surface area contributed by atoms with Gasteiger partial charge in [0.25, 0.3) is 0 Å². The van der Waals surface area contributed by atoms with Crippen molar-refractivity contribution in [2.45, 2.75) is 24.9 Å². The lowest BCUT2D eigenvalue weighted by molar-refractivity contribution is -0.0329. The van der Waals surface area contributed by atoms with Gasteiger partial charge in [0.1, 0.15) is 0 Å². The van der Waals surface area contributed by atoms with Gasteiger partial charge in [-0.05, 0) is 31.7 Å². The van der Waals surface area contributed by atoms with E-state index in [4.69, 9.17) is 0 Å². The molecule has 2 nitrogen and oxygen atoms in total. The molecule has 0 spiro atoms. The van der Waals surface area contributed by atoms with Crippen LogP contribution in [0.2, 0.25) is 0 Å². The van der Waals surface area contributed by atoms with E-state index in [2.05, 4.69) is 17.1 Å². The summed E-state index contributed by atoms with van der Waals surface area (Å²) in [5.74, 6) is 0.133. The Morgan fingerprint density at radius 2 is 2.13 bits per heavy atom. The molecule has 0 aliphatic carbocycles. The standard InChI is InChI=1S/C9H17F3N2S/c1-8-2-3-13-4-5-14(8)6-7-15-9(10,11)12/h8,13H,2-7H2,1H3. The molecule has 1 aliphatic heterocycles. The SMILES string of the molecule is CC1CCNCCN1CCSC(F)(F)F. The Kier molecular flexibility index (Phi) is 5.22. The summed E-state index contributed by atoms with van der Waals surface area (Å²) in [5.41, 5.74) is -4.09. The molecule has 0 aromatic carbocycles. The highest BCUT2D eigenvalue weighted by Crippen LogP contribution is 2.29. The average Bonchev–Trinajstić information content (AvgIpc) is 2.30. The fourth-order valence-corrected chi connectivity index (χ4v) is 2.23. The van der Waals surface area contributed by atoms with Crippen molar-refractivity contribution in [2.75, 3.05) is 31.9 Å². The predicted octanol–water partition coefficient (Wildman–Crippen LogP) is 1.92. The quantitative estimate of drug-likeness (QED) is 0.814. The van der Waals surface area contributed by atoms with Crippen LogP contribution in [0.3, 0.4) is 0 Å². The van der Waals surface area contributed by atoms with Crippen LogP contribution >= 0.6 is 11.8 Å². The van der Waals surface area contributed by atoms with Crippen molar-refractivity contribution in [2.24, 2.45) is 0 Å². The Balaban J connectivity index is 2.23. The molecule has 1 saturated heterocycles. The molecule has 15 heavy (non-hydrogen) atoms. The van der Waals surface area contributed by atoms with E-state index in [1.54, 1.807) is 0 Å². The van der Waals surface area contributed by atoms with E-state index < -0.39 is 5.51 Å². The van der Waals surface area contributed by atoms with Crippen LogP contribution < -0.4 is 5.32 Å². The minimum absolute atomic E-state index is 0.0740. The van der Waals surface area contributed by atoms with Crippen molar-refractivity contribution in [1.82, 2.24) is 10.2 Å². The summed E-state index contributed by atoms with van der Waals surface area (Å²) in [6, 6.07) is 0.383. The number of hydrogen-bond acceptors (Lipinski definition) is 3. The molecule has 0 saturated carbocycles. The molecule has 0 bridgehead atoms. The van der Waals surface area contributed by atoms with Gasteiger partial charge in [0.2, 0.25) is 0 Å². The zero-order valence-electron chi connectivity index (χ0n) is 8.81. The van der Waals surface area contributed by atoms with Gasteiger partial charge in [-0.2, -0.15) is 13.2 Å². The highest BCUT2D eigenvalue weighted by molar-refractivity contribution is 8.00. The molecule has 0 amide bonds. The third kappa shape index (κ3) is 5.63. The molecule has 0 aromatic heterocycles. The zero-order valence-corrected chi connectivity index (χ0v) is 9.63. The van der Waals surface area contributed by atoms with Crippen LogP contribution in [-0.4, -0.2) is 48.4 Å². The van der Waals surface area contributed by atoms with E-state index in [1.807, 2.05) is 0 Å². The second-order valence-corrected chi connectivity index (χ2v) is 4.88. The third-order valence-corrected chi connectivity index (χ3v) is 3.30. The van der Waals surface area contributed by atoms with E-state index >= 15 is 0 Å². The van der Waals surface area contributed by atoms with Gasteiger partial charge in [0, 0.05) is 31.4 Å². The van der Waals surface area contributed by atoms with Crippen LogP contribution in [0.1, 0.15) is 13.3 Å². The summed E-state index contributed by atoms with van der Waals surface area (Å²) in [5, 5.41) is 3.24. The fourth-order valence-electron chi connectivity index (χ4n) is 1.67. The number of hydrogen-bond donors (Lipinski definition) is 1. The van der Waals surface area contributed by atoms with Crippen LogP contribution in [0.4, 0.5) is 13.2 Å². The summed E-state index contributed by atoms with van der Waals surface area (Å²) >= 11 is 0.0740. The number of nitrogens with one attached hydrogen (secondary N) is 1. The Morgan fingerprint density at radius 1 is 1.40 bits per heavy atom. The van der Waals surface area contributed by atoms with Gasteiger partial charge < -0.3 is 5.32 Å². The van der Waals surface area contributed by atoms with E-state index in [-0.39, 0.29) is 17.5 Å². The Bertz CT molecular complexity index is 187. The molecule has 90 valence electrons. The lowest BCUT2D eigenvalue weighted by Gasteiger charge is -2.26. The summed E-state index contributed by atoms with van der Waals surface area (Å²) in [6.45, 7) is 5.28.